The van der Waals surface area contributed by atoms with Crippen molar-refractivity contribution in [2.45, 2.75) is 25.9 Å². The zero-order valence-corrected chi connectivity index (χ0v) is 16.6. The van der Waals surface area contributed by atoms with Crippen LogP contribution in [0.15, 0.2) is 42.5 Å². The Bertz CT molecular complexity index is 1110. The molecule has 1 amide bonds. The van der Waals surface area contributed by atoms with Gasteiger partial charge in [0.25, 0.3) is 5.91 Å². The third-order valence-electron chi connectivity index (χ3n) is 4.59. The smallest absolute Gasteiger partial charge is 0.251 e. The molecule has 0 fully saturated rings. The van der Waals surface area contributed by atoms with Crippen LogP contribution in [0.4, 0.5) is 5.69 Å². The third-order valence-corrected chi connectivity index (χ3v) is 6.90. The highest BCUT2D eigenvalue weighted by atomic mass is 32.2. The molecule has 0 aliphatic carbocycles. The Kier molecular flexibility index (Phi) is 4.39. The first-order valence-electron chi connectivity index (χ1n) is 8.58. The molecule has 0 bridgehead atoms. The van der Waals surface area contributed by atoms with Crippen LogP contribution in [0.1, 0.15) is 27.9 Å². The van der Waals surface area contributed by atoms with Gasteiger partial charge in [-0.25, -0.2) is 13.4 Å². The van der Waals surface area contributed by atoms with Crippen LogP contribution in [0.25, 0.3) is 10.2 Å². The maximum atomic E-state index is 12.5. The number of anilines is 1. The number of hydrogen-bond donors (Lipinski definition) is 1. The van der Waals surface area contributed by atoms with E-state index < -0.39 is 10.0 Å². The van der Waals surface area contributed by atoms with E-state index in [2.05, 4.69) is 10.3 Å². The summed E-state index contributed by atoms with van der Waals surface area (Å²) in [5.41, 5.74) is 2.99. The van der Waals surface area contributed by atoms with Crippen molar-refractivity contribution in [1.29, 1.82) is 0 Å². The summed E-state index contributed by atoms with van der Waals surface area (Å²) < 4.78 is 26.5. The van der Waals surface area contributed by atoms with Gasteiger partial charge < -0.3 is 5.32 Å². The Labute approximate surface area is 161 Å². The number of carbonyl (C=O) groups is 1. The van der Waals surface area contributed by atoms with E-state index in [0.717, 1.165) is 20.8 Å². The van der Waals surface area contributed by atoms with Gasteiger partial charge in [-0.3, -0.25) is 9.10 Å². The largest absolute Gasteiger partial charge is 0.346 e. The lowest BCUT2D eigenvalue weighted by Crippen LogP contribution is -2.34. The van der Waals surface area contributed by atoms with Gasteiger partial charge in [-0.1, -0.05) is 12.1 Å². The topological polar surface area (TPSA) is 79.4 Å². The fourth-order valence-corrected chi connectivity index (χ4v) is 5.67. The fraction of sp³-hybridized carbons (Fsp3) is 0.263. The minimum absolute atomic E-state index is 0.143. The maximum absolute atomic E-state index is 12.5. The van der Waals surface area contributed by atoms with Crippen LogP contribution >= 0.6 is 11.3 Å². The second kappa shape index (κ2) is 6.61. The van der Waals surface area contributed by atoms with Crippen molar-refractivity contribution in [2.24, 2.45) is 0 Å². The predicted octanol–water partition coefficient (Wildman–Crippen LogP) is 2.94. The molecule has 2 aromatic carbocycles. The van der Waals surface area contributed by atoms with Gasteiger partial charge in [-0.2, -0.15) is 0 Å². The van der Waals surface area contributed by atoms with Crippen molar-refractivity contribution in [3.05, 3.63) is 58.6 Å². The van der Waals surface area contributed by atoms with Crippen LogP contribution in [0, 0.1) is 0 Å². The number of nitrogens with one attached hydrogen (secondary N) is 1. The van der Waals surface area contributed by atoms with Gasteiger partial charge in [-0.05, 0) is 49.2 Å². The lowest BCUT2D eigenvalue weighted by molar-refractivity contribution is 0.0951. The van der Waals surface area contributed by atoms with Crippen LogP contribution < -0.4 is 9.62 Å². The summed E-state index contributed by atoms with van der Waals surface area (Å²) in [5, 5.41) is 3.75. The first-order chi connectivity index (χ1) is 12.8. The number of thiazole rings is 1. The molecule has 1 unspecified atom stereocenters. The van der Waals surface area contributed by atoms with E-state index >= 15 is 0 Å². The monoisotopic (exact) mass is 401 g/mol. The summed E-state index contributed by atoms with van der Waals surface area (Å²) in [6, 6.07) is 12.9. The molecule has 27 heavy (non-hydrogen) atoms. The van der Waals surface area contributed by atoms with Crippen molar-refractivity contribution < 1.29 is 13.2 Å². The highest BCUT2D eigenvalue weighted by molar-refractivity contribution is 7.92. The molecule has 6 nitrogen and oxygen atoms in total. The van der Waals surface area contributed by atoms with E-state index in [4.69, 9.17) is 0 Å². The van der Waals surface area contributed by atoms with Gasteiger partial charge in [-0.15, -0.1) is 11.3 Å². The summed E-state index contributed by atoms with van der Waals surface area (Å²) in [6.45, 7) is 2.23. The van der Waals surface area contributed by atoms with Crippen molar-refractivity contribution in [1.82, 2.24) is 10.3 Å². The second-order valence-electron chi connectivity index (χ2n) is 6.71. The number of nitrogens with zero attached hydrogens (tertiary/aromatic N) is 2. The molecular formula is C19H19N3O3S2. The van der Waals surface area contributed by atoms with Crippen molar-refractivity contribution in [2.75, 3.05) is 10.6 Å². The molecule has 1 atom stereocenters. The molecule has 1 aliphatic rings. The fourth-order valence-electron chi connectivity index (χ4n) is 3.50. The standard InChI is InChI=1S/C19H19N3O3S2/c1-12-9-14-10-13(7-8-16(14)22(12)27(2,24)25)19(23)20-11-18-21-15-5-3-4-6-17(15)26-18/h3-8,10,12H,9,11H2,1-2H3,(H,20,23). The number of rotatable bonds is 4. The molecule has 140 valence electrons. The molecule has 1 aromatic heterocycles. The van der Waals surface area contributed by atoms with Gasteiger partial charge in [0.05, 0.1) is 28.7 Å². The number of benzene rings is 2. The minimum Gasteiger partial charge on any atom is -0.346 e. The highest BCUT2D eigenvalue weighted by Crippen LogP contribution is 2.34. The zero-order chi connectivity index (χ0) is 19.2. The van der Waals surface area contributed by atoms with Crippen molar-refractivity contribution >= 4 is 43.2 Å². The Morgan fingerprint density at radius 1 is 1.30 bits per heavy atom. The van der Waals surface area contributed by atoms with Gasteiger partial charge in [0.15, 0.2) is 0 Å². The van der Waals surface area contributed by atoms with Gasteiger partial charge in [0.1, 0.15) is 5.01 Å². The first-order valence-corrected chi connectivity index (χ1v) is 11.2. The average molecular weight is 402 g/mol. The van der Waals surface area contributed by atoms with E-state index in [-0.39, 0.29) is 11.9 Å². The van der Waals surface area contributed by atoms with Gasteiger partial charge >= 0.3 is 0 Å². The van der Waals surface area contributed by atoms with Crippen LogP contribution in [-0.2, 0) is 23.0 Å². The van der Waals surface area contributed by atoms with Crippen molar-refractivity contribution in [3.63, 3.8) is 0 Å². The van der Waals surface area contributed by atoms with Crippen LogP contribution in [0.2, 0.25) is 0 Å². The number of hydrogen-bond acceptors (Lipinski definition) is 5. The maximum Gasteiger partial charge on any atom is 0.251 e. The molecule has 2 heterocycles. The van der Waals surface area contributed by atoms with Gasteiger partial charge in [0, 0.05) is 11.6 Å². The summed E-state index contributed by atoms with van der Waals surface area (Å²) >= 11 is 1.56. The van der Waals surface area contributed by atoms with E-state index in [0.29, 0.717) is 24.2 Å². The number of carbonyl (C=O) groups excluding carboxylic acids is 1. The lowest BCUT2D eigenvalue weighted by atomic mass is 10.1. The Hall–Kier alpha value is -2.45. The van der Waals surface area contributed by atoms with Crippen molar-refractivity contribution in [3.8, 4) is 0 Å². The normalized spacial score (nSPS) is 16.5. The number of para-hydroxylation sites is 1. The molecule has 0 radical (unpaired) electrons. The number of amides is 1. The van der Waals surface area contributed by atoms with Crippen LogP contribution in [0.3, 0.4) is 0 Å². The summed E-state index contributed by atoms with van der Waals surface area (Å²) in [4.78, 5) is 17.0. The molecule has 0 spiro atoms. The molecule has 0 saturated carbocycles. The lowest BCUT2D eigenvalue weighted by Gasteiger charge is -2.21. The van der Waals surface area contributed by atoms with E-state index in [1.165, 1.54) is 10.6 Å². The predicted molar refractivity (Wildman–Crippen MR) is 108 cm³/mol. The highest BCUT2D eigenvalue weighted by Gasteiger charge is 2.32. The molecular weight excluding hydrogens is 382 g/mol. The Morgan fingerprint density at radius 3 is 2.81 bits per heavy atom. The Balaban J connectivity index is 1.51. The van der Waals surface area contributed by atoms with E-state index in [9.17, 15) is 13.2 Å². The summed E-state index contributed by atoms with van der Waals surface area (Å²) in [7, 11) is -3.33. The number of fused-ring (bicyclic) bond motifs is 2. The zero-order valence-electron chi connectivity index (χ0n) is 15.0. The number of aromatic nitrogens is 1. The Morgan fingerprint density at radius 2 is 2.07 bits per heavy atom. The summed E-state index contributed by atoms with van der Waals surface area (Å²) in [6.07, 6.45) is 1.80. The van der Waals surface area contributed by atoms with E-state index in [1.807, 2.05) is 31.2 Å². The first kappa shape index (κ1) is 17.9. The molecule has 8 heteroatoms. The molecule has 1 aliphatic heterocycles. The summed E-state index contributed by atoms with van der Waals surface area (Å²) in [5.74, 6) is -0.192. The number of sulfonamides is 1. The average Bonchev–Trinajstić information content (AvgIpc) is 3.17. The quantitative estimate of drug-likeness (QED) is 0.729. The third kappa shape index (κ3) is 3.42. The molecule has 3 aromatic rings. The molecule has 1 N–H and O–H groups in total. The second-order valence-corrected chi connectivity index (χ2v) is 9.69. The SMILES string of the molecule is CC1Cc2cc(C(=O)NCc3nc4ccccc4s3)ccc2N1S(C)(=O)=O. The van der Waals surface area contributed by atoms with Crippen LogP contribution in [0.5, 0.6) is 0 Å². The molecule has 0 saturated heterocycles. The molecule has 4 rings (SSSR count). The van der Waals surface area contributed by atoms with Gasteiger partial charge in [0.2, 0.25) is 10.0 Å². The minimum atomic E-state index is -3.33. The van der Waals surface area contributed by atoms with Crippen LogP contribution in [-0.4, -0.2) is 31.6 Å². The van der Waals surface area contributed by atoms with E-state index in [1.54, 1.807) is 29.5 Å².